The van der Waals surface area contributed by atoms with E-state index in [1.165, 1.54) is 24.3 Å². The van der Waals surface area contributed by atoms with Crippen molar-refractivity contribution in [1.29, 1.82) is 0 Å². The molecule has 2 rings (SSSR count). The number of hydrogen-bond acceptors (Lipinski definition) is 5. The standard InChI is InChI=1S/C18H19ClN4O4S/c1-13(11-17(24)21-15-5-3-2-4-6-15)22-23-18(25)12-20-28(26,27)16-9-7-14(19)8-10-16/h2-10,20H,11-12H2,1H3,(H,21,24)(H,23,25). The average molecular weight is 423 g/mol. The Bertz CT molecular complexity index is 961. The second-order valence-electron chi connectivity index (χ2n) is 5.75. The van der Waals surface area contributed by atoms with Crippen LogP contribution in [0.2, 0.25) is 5.02 Å². The molecule has 10 heteroatoms. The third kappa shape index (κ3) is 7.10. The van der Waals surface area contributed by atoms with Crippen LogP contribution in [0.25, 0.3) is 0 Å². The van der Waals surface area contributed by atoms with E-state index < -0.39 is 22.5 Å². The molecule has 0 radical (unpaired) electrons. The van der Waals surface area contributed by atoms with E-state index in [0.717, 1.165) is 0 Å². The summed E-state index contributed by atoms with van der Waals surface area (Å²) in [6.45, 7) is 1.07. The fourth-order valence-corrected chi connectivity index (χ4v) is 3.16. The van der Waals surface area contributed by atoms with Gasteiger partial charge in [-0.2, -0.15) is 5.10 Å². The summed E-state index contributed by atoms with van der Waals surface area (Å²) in [6, 6.07) is 14.4. The molecule has 0 fully saturated rings. The normalized spacial score (nSPS) is 11.7. The lowest BCUT2D eigenvalue weighted by atomic mass is 10.2. The van der Waals surface area contributed by atoms with Gasteiger partial charge in [0.2, 0.25) is 15.9 Å². The number of carbonyl (C=O) groups is 2. The van der Waals surface area contributed by atoms with Crippen LogP contribution in [0.1, 0.15) is 13.3 Å². The van der Waals surface area contributed by atoms with Crippen LogP contribution in [-0.4, -0.2) is 32.5 Å². The summed E-state index contributed by atoms with van der Waals surface area (Å²) in [5, 5.41) is 6.89. The maximum absolute atomic E-state index is 12.1. The first kappa shape index (κ1) is 21.5. The lowest BCUT2D eigenvalue weighted by Crippen LogP contribution is -2.35. The van der Waals surface area contributed by atoms with Gasteiger partial charge in [0.1, 0.15) is 0 Å². The van der Waals surface area contributed by atoms with Crippen LogP contribution in [0.15, 0.2) is 64.6 Å². The summed E-state index contributed by atoms with van der Waals surface area (Å²) < 4.78 is 26.3. The molecule has 2 aromatic rings. The lowest BCUT2D eigenvalue weighted by Gasteiger charge is -2.07. The van der Waals surface area contributed by atoms with Gasteiger partial charge in [0.25, 0.3) is 5.91 Å². The number of hydrazone groups is 1. The van der Waals surface area contributed by atoms with Gasteiger partial charge in [-0.3, -0.25) is 9.59 Å². The first-order valence-electron chi connectivity index (χ1n) is 8.18. The van der Waals surface area contributed by atoms with Crippen LogP contribution >= 0.6 is 11.6 Å². The van der Waals surface area contributed by atoms with Crippen LogP contribution < -0.4 is 15.5 Å². The van der Waals surface area contributed by atoms with Crippen molar-refractivity contribution < 1.29 is 18.0 Å². The predicted molar refractivity (Wildman–Crippen MR) is 108 cm³/mol. The molecule has 0 atom stereocenters. The van der Waals surface area contributed by atoms with Crippen molar-refractivity contribution in [3.05, 3.63) is 59.6 Å². The smallest absolute Gasteiger partial charge is 0.255 e. The van der Waals surface area contributed by atoms with Gasteiger partial charge in [-0.15, -0.1) is 0 Å². The summed E-state index contributed by atoms with van der Waals surface area (Å²) >= 11 is 5.72. The van der Waals surface area contributed by atoms with Crippen molar-refractivity contribution in [3.8, 4) is 0 Å². The maximum atomic E-state index is 12.1. The molecule has 0 spiro atoms. The minimum atomic E-state index is -3.85. The summed E-state index contributed by atoms with van der Waals surface area (Å²) in [7, 11) is -3.85. The molecular formula is C18H19ClN4O4S. The van der Waals surface area contributed by atoms with E-state index in [1.54, 1.807) is 31.2 Å². The van der Waals surface area contributed by atoms with Crippen molar-refractivity contribution in [2.24, 2.45) is 5.10 Å². The third-order valence-corrected chi connectivity index (χ3v) is 5.06. The molecule has 0 heterocycles. The van der Waals surface area contributed by atoms with Gasteiger partial charge in [0.05, 0.1) is 17.9 Å². The zero-order valence-electron chi connectivity index (χ0n) is 15.0. The first-order chi connectivity index (χ1) is 13.3. The Labute approximate surface area is 168 Å². The second-order valence-corrected chi connectivity index (χ2v) is 7.95. The molecule has 0 aromatic heterocycles. The number of nitrogens with one attached hydrogen (secondary N) is 3. The molecule has 8 nitrogen and oxygen atoms in total. The Balaban J connectivity index is 1.80. The van der Waals surface area contributed by atoms with Crippen LogP contribution in [0.5, 0.6) is 0 Å². The summed E-state index contributed by atoms with van der Waals surface area (Å²) in [4.78, 5) is 23.7. The molecule has 0 saturated carbocycles. The number of para-hydroxylation sites is 1. The number of nitrogens with zero attached hydrogens (tertiary/aromatic N) is 1. The number of hydrogen-bond donors (Lipinski definition) is 3. The molecule has 0 unspecified atom stereocenters. The Morgan fingerprint density at radius 1 is 1.00 bits per heavy atom. The van der Waals surface area contributed by atoms with Gasteiger partial charge < -0.3 is 5.32 Å². The van der Waals surface area contributed by atoms with Crippen molar-refractivity contribution >= 4 is 44.8 Å². The number of amides is 2. The first-order valence-corrected chi connectivity index (χ1v) is 10.0. The molecule has 0 aliphatic heterocycles. The van der Waals surface area contributed by atoms with E-state index >= 15 is 0 Å². The number of halogens is 1. The number of carbonyl (C=O) groups excluding carboxylic acids is 2. The average Bonchev–Trinajstić information content (AvgIpc) is 2.66. The van der Waals surface area contributed by atoms with Gasteiger partial charge in [-0.25, -0.2) is 18.6 Å². The molecule has 2 aromatic carbocycles. The number of benzene rings is 2. The molecule has 28 heavy (non-hydrogen) atoms. The van der Waals surface area contributed by atoms with Crippen molar-refractivity contribution in [2.75, 3.05) is 11.9 Å². The highest BCUT2D eigenvalue weighted by atomic mass is 35.5. The fraction of sp³-hybridized carbons (Fsp3) is 0.167. The Morgan fingerprint density at radius 2 is 1.64 bits per heavy atom. The number of anilines is 1. The van der Waals surface area contributed by atoms with E-state index in [0.29, 0.717) is 16.4 Å². The minimum absolute atomic E-state index is 0.0121. The zero-order chi connectivity index (χ0) is 20.6. The van der Waals surface area contributed by atoms with Crippen LogP contribution in [0.4, 0.5) is 5.69 Å². The van der Waals surface area contributed by atoms with E-state index in [2.05, 4.69) is 20.6 Å². The quantitative estimate of drug-likeness (QED) is 0.446. The summed E-state index contributed by atoms with van der Waals surface area (Å²) in [6.07, 6.45) is -0.0221. The molecule has 0 saturated heterocycles. The summed E-state index contributed by atoms with van der Waals surface area (Å²) in [5.41, 5.74) is 3.22. The van der Waals surface area contributed by atoms with Crippen LogP contribution in [0, 0.1) is 0 Å². The predicted octanol–water partition coefficient (Wildman–Crippen LogP) is 2.14. The molecular weight excluding hydrogens is 404 g/mol. The minimum Gasteiger partial charge on any atom is -0.326 e. The Morgan fingerprint density at radius 3 is 2.29 bits per heavy atom. The molecule has 2 amide bonds. The second kappa shape index (κ2) is 9.98. The van der Waals surface area contributed by atoms with Gasteiger partial charge in [0.15, 0.2) is 0 Å². The SMILES string of the molecule is CC(CC(=O)Nc1ccccc1)=NNC(=O)CNS(=O)(=O)c1ccc(Cl)cc1. The van der Waals surface area contributed by atoms with Gasteiger partial charge in [-0.05, 0) is 43.3 Å². The monoisotopic (exact) mass is 422 g/mol. The van der Waals surface area contributed by atoms with Crippen LogP contribution in [0.3, 0.4) is 0 Å². The highest BCUT2D eigenvalue weighted by Gasteiger charge is 2.15. The Hall–Kier alpha value is -2.75. The number of sulfonamides is 1. The lowest BCUT2D eigenvalue weighted by molar-refractivity contribution is -0.120. The molecule has 3 N–H and O–H groups in total. The number of rotatable bonds is 8. The molecule has 0 bridgehead atoms. The van der Waals surface area contributed by atoms with E-state index in [9.17, 15) is 18.0 Å². The van der Waals surface area contributed by atoms with E-state index in [4.69, 9.17) is 11.6 Å². The fourth-order valence-electron chi connectivity index (χ4n) is 2.05. The van der Waals surface area contributed by atoms with Gasteiger partial charge >= 0.3 is 0 Å². The molecule has 0 aliphatic carbocycles. The Kier molecular flexibility index (Phi) is 7.68. The third-order valence-electron chi connectivity index (χ3n) is 3.39. The van der Waals surface area contributed by atoms with Gasteiger partial charge in [-0.1, -0.05) is 29.8 Å². The van der Waals surface area contributed by atoms with Crippen LogP contribution in [-0.2, 0) is 19.6 Å². The van der Waals surface area contributed by atoms with Crippen molar-refractivity contribution in [1.82, 2.24) is 10.1 Å². The highest BCUT2D eigenvalue weighted by molar-refractivity contribution is 7.89. The largest absolute Gasteiger partial charge is 0.326 e. The maximum Gasteiger partial charge on any atom is 0.255 e. The highest BCUT2D eigenvalue weighted by Crippen LogP contribution is 2.13. The van der Waals surface area contributed by atoms with Crippen molar-refractivity contribution in [2.45, 2.75) is 18.2 Å². The van der Waals surface area contributed by atoms with Crippen molar-refractivity contribution in [3.63, 3.8) is 0 Å². The topological polar surface area (TPSA) is 117 Å². The summed E-state index contributed by atoms with van der Waals surface area (Å²) in [5.74, 6) is -0.953. The van der Waals surface area contributed by atoms with E-state index in [-0.39, 0.29) is 17.2 Å². The van der Waals surface area contributed by atoms with E-state index in [1.807, 2.05) is 6.07 Å². The molecule has 0 aliphatic rings. The zero-order valence-corrected chi connectivity index (χ0v) is 16.5. The molecule has 148 valence electrons. The van der Waals surface area contributed by atoms with Gasteiger partial charge in [0, 0.05) is 16.4 Å².